The van der Waals surface area contributed by atoms with Crippen LogP contribution < -0.4 is 0 Å². The highest BCUT2D eigenvalue weighted by molar-refractivity contribution is 5.56. The van der Waals surface area contributed by atoms with Crippen molar-refractivity contribution in [3.05, 3.63) is 40.7 Å². The first-order valence-corrected chi connectivity index (χ1v) is 13.2. The fourth-order valence-electron chi connectivity index (χ4n) is 6.68. The second-order valence-electron chi connectivity index (χ2n) is 11.3. The zero-order chi connectivity index (χ0) is 22.7. The second kappa shape index (κ2) is 10.8. The SMILES string of the molecule is CC1CCC(/C=C/c2ccc(C3CCC(C4CCC(C)CC4)CC3)c(F)c2C(F)F)CC1. The van der Waals surface area contributed by atoms with Gasteiger partial charge in [0.05, 0.1) is 5.56 Å². The Morgan fingerprint density at radius 2 is 1.28 bits per heavy atom. The molecule has 0 nitrogen and oxygen atoms in total. The zero-order valence-corrected chi connectivity index (χ0v) is 20.0. The maximum absolute atomic E-state index is 15.4. The van der Waals surface area contributed by atoms with Gasteiger partial charge in [-0.15, -0.1) is 0 Å². The largest absolute Gasteiger partial charge is 0.267 e. The molecular weight excluding hydrogens is 405 g/mol. The van der Waals surface area contributed by atoms with Crippen molar-refractivity contribution in [3.63, 3.8) is 0 Å². The third-order valence-electron chi connectivity index (χ3n) is 9.01. The molecule has 0 unspecified atom stereocenters. The maximum atomic E-state index is 15.4. The predicted octanol–water partition coefficient (Wildman–Crippen LogP) is 9.70. The molecular formula is C29H41F3. The van der Waals surface area contributed by atoms with Crippen LogP contribution in [0.15, 0.2) is 18.2 Å². The summed E-state index contributed by atoms with van der Waals surface area (Å²) in [6.07, 6.45) is 15.1. The van der Waals surface area contributed by atoms with Crippen molar-refractivity contribution in [3.8, 4) is 0 Å². The van der Waals surface area contributed by atoms with Crippen LogP contribution in [0.1, 0.15) is 120 Å². The standard InChI is InChI=1S/C29H41F3/c1-19-3-7-21(8-4-19)9-12-25-17-18-26(28(30)27(25)29(31)32)24-15-13-23(14-16-24)22-10-5-20(2)6-11-22/h9,12,17-24,29H,3-8,10-11,13-16H2,1-2H3/b12-9+. The van der Waals surface area contributed by atoms with Crippen molar-refractivity contribution in [1.29, 1.82) is 0 Å². The Bertz CT molecular complexity index is 759. The van der Waals surface area contributed by atoms with E-state index in [1.807, 2.05) is 6.08 Å². The molecule has 3 aliphatic carbocycles. The van der Waals surface area contributed by atoms with Gasteiger partial charge in [-0.1, -0.05) is 63.8 Å². The van der Waals surface area contributed by atoms with Gasteiger partial charge in [-0.05, 0) is 98.0 Å². The normalized spacial score (nSPS) is 34.3. The fourth-order valence-corrected chi connectivity index (χ4v) is 6.68. The maximum Gasteiger partial charge on any atom is 0.267 e. The van der Waals surface area contributed by atoms with Crippen LogP contribution >= 0.6 is 0 Å². The number of benzene rings is 1. The van der Waals surface area contributed by atoms with Gasteiger partial charge in [0, 0.05) is 0 Å². The average molecular weight is 447 g/mol. The van der Waals surface area contributed by atoms with Crippen molar-refractivity contribution in [2.75, 3.05) is 0 Å². The van der Waals surface area contributed by atoms with E-state index in [2.05, 4.69) is 13.8 Å². The van der Waals surface area contributed by atoms with Crippen molar-refractivity contribution in [1.82, 2.24) is 0 Å². The molecule has 1 aromatic rings. The Morgan fingerprint density at radius 3 is 1.84 bits per heavy atom. The van der Waals surface area contributed by atoms with Crippen LogP contribution in [0.5, 0.6) is 0 Å². The number of halogens is 3. The molecule has 0 aromatic heterocycles. The number of hydrogen-bond acceptors (Lipinski definition) is 0. The molecule has 0 radical (unpaired) electrons. The molecule has 32 heavy (non-hydrogen) atoms. The lowest BCUT2D eigenvalue weighted by Gasteiger charge is -2.37. The molecule has 0 aliphatic heterocycles. The quantitative estimate of drug-likeness (QED) is 0.422. The van der Waals surface area contributed by atoms with E-state index in [0.717, 1.165) is 62.2 Å². The average Bonchev–Trinajstić information content (AvgIpc) is 2.79. The van der Waals surface area contributed by atoms with Gasteiger partial charge in [0.2, 0.25) is 0 Å². The van der Waals surface area contributed by atoms with Crippen LogP contribution in [-0.2, 0) is 0 Å². The molecule has 0 amide bonds. The van der Waals surface area contributed by atoms with Crippen molar-refractivity contribution in [2.24, 2.45) is 29.6 Å². The molecule has 3 fully saturated rings. The van der Waals surface area contributed by atoms with Crippen LogP contribution in [-0.4, -0.2) is 0 Å². The second-order valence-corrected chi connectivity index (χ2v) is 11.3. The summed E-state index contributed by atoms with van der Waals surface area (Å²) in [7, 11) is 0. The summed E-state index contributed by atoms with van der Waals surface area (Å²) < 4.78 is 43.2. The Labute approximate surface area is 193 Å². The molecule has 0 spiro atoms. The number of hydrogen-bond donors (Lipinski definition) is 0. The van der Waals surface area contributed by atoms with Crippen LogP contribution in [0.25, 0.3) is 6.08 Å². The summed E-state index contributed by atoms with van der Waals surface area (Å²) in [4.78, 5) is 0. The predicted molar refractivity (Wildman–Crippen MR) is 127 cm³/mol. The lowest BCUT2D eigenvalue weighted by molar-refractivity contribution is 0.144. The minimum absolute atomic E-state index is 0.0872. The molecule has 3 heteroatoms. The molecule has 0 atom stereocenters. The molecule has 3 aliphatic rings. The summed E-state index contributed by atoms with van der Waals surface area (Å²) in [5.74, 6) is 3.06. The van der Waals surface area contributed by atoms with E-state index in [1.54, 1.807) is 18.2 Å². The Morgan fingerprint density at radius 1 is 0.750 bits per heavy atom. The minimum atomic E-state index is -2.78. The molecule has 1 aromatic carbocycles. The van der Waals surface area contributed by atoms with Gasteiger partial charge in [0.1, 0.15) is 5.82 Å². The molecule has 3 saturated carbocycles. The summed E-state index contributed by atoms with van der Waals surface area (Å²) in [5.41, 5.74) is 0.510. The Balaban J connectivity index is 1.43. The minimum Gasteiger partial charge on any atom is -0.206 e. The van der Waals surface area contributed by atoms with E-state index >= 15 is 4.39 Å². The topological polar surface area (TPSA) is 0 Å². The van der Waals surface area contributed by atoms with Crippen LogP contribution in [0, 0.1) is 35.4 Å². The number of allylic oxidation sites excluding steroid dienone is 1. The van der Waals surface area contributed by atoms with Crippen molar-refractivity contribution < 1.29 is 13.2 Å². The van der Waals surface area contributed by atoms with Gasteiger partial charge in [-0.3, -0.25) is 0 Å². The highest BCUT2D eigenvalue weighted by atomic mass is 19.3. The molecule has 0 bridgehead atoms. The van der Waals surface area contributed by atoms with E-state index in [-0.39, 0.29) is 11.5 Å². The number of alkyl halides is 2. The van der Waals surface area contributed by atoms with Crippen molar-refractivity contribution in [2.45, 2.75) is 103 Å². The first kappa shape index (κ1) is 23.9. The highest BCUT2D eigenvalue weighted by Gasteiger charge is 2.32. The highest BCUT2D eigenvalue weighted by Crippen LogP contribution is 2.45. The summed E-state index contributed by atoms with van der Waals surface area (Å²) >= 11 is 0. The summed E-state index contributed by atoms with van der Waals surface area (Å²) in [5, 5.41) is 0. The van der Waals surface area contributed by atoms with Gasteiger partial charge in [0.15, 0.2) is 0 Å². The molecule has 0 N–H and O–H groups in total. The lowest BCUT2D eigenvalue weighted by atomic mass is 9.68. The first-order valence-electron chi connectivity index (χ1n) is 13.2. The van der Waals surface area contributed by atoms with E-state index in [4.69, 9.17) is 0 Å². The van der Waals surface area contributed by atoms with E-state index in [0.29, 0.717) is 17.0 Å². The molecule has 0 saturated heterocycles. The zero-order valence-electron chi connectivity index (χ0n) is 20.0. The van der Waals surface area contributed by atoms with E-state index < -0.39 is 12.2 Å². The van der Waals surface area contributed by atoms with Gasteiger partial charge < -0.3 is 0 Å². The van der Waals surface area contributed by atoms with Gasteiger partial charge >= 0.3 is 0 Å². The smallest absolute Gasteiger partial charge is 0.206 e. The van der Waals surface area contributed by atoms with E-state index in [9.17, 15) is 8.78 Å². The Hall–Kier alpha value is -1.25. The van der Waals surface area contributed by atoms with Crippen LogP contribution in [0.3, 0.4) is 0 Å². The molecule has 0 heterocycles. The molecule has 178 valence electrons. The fraction of sp³-hybridized carbons (Fsp3) is 0.724. The van der Waals surface area contributed by atoms with Crippen LogP contribution in [0.4, 0.5) is 13.2 Å². The van der Waals surface area contributed by atoms with Gasteiger partial charge in [-0.2, -0.15) is 0 Å². The lowest BCUT2D eigenvalue weighted by Crippen LogP contribution is -2.25. The third kappa shape index (κ3) is 5.62. The van der Waals surface area contributed by atoms with Gasteiger partial charge in [0.25, 0.3) is 6.43 Å². The third-order valence-corrected chi connectivity index (χ3v) is 9.01. The van der Waals surface area contributed by atoms with E-state index in [1.165, 1.54) is 38.5 Å². The van der Waals surface area contributed by atoms with Crippen LogP contribution in [0.2, 0.25) is 0 Å². The summed E-state index contributed by atoms with van der Waals surface area (Å²) in [6.45, 7) is 4.62. The van der Waals surface area contributed by atoms with Gasteiger partial charge in [-0.25, -0.2) is 13.2 Å². The summed E-state index contributed by atoms with van der Waals surface area (Å²) in [6, 6.07) is 3.55. The first-order chi connectivity index (χ1) is 15.4. The molecule has 4 rings (SSSR count). The number of rotatable bonds is 5. The Kier molecular flexibility index (Phi) is 8.05. The van der Waals surface area contributed by atoms with Crippen molar-refractivity contribution >= 4 is 6.08 Å². The monoisotopic (exact) mass is 446 g/mol.